The molecule has 0 unspecified atom stereocenters. The van der Waals surface area contributed by atoms with Crippen LogP contribution in [0.5, 0.6) is 0 Å². The van der Waals surface area contributed by atoms with Crippen LogP contribution in [0.3, 0.4) is 0 Å². The van der Waals surface area contributed by atoms with Gasteiger partial charge in [0, 0.05) is 25.2 Å². The van der Waals surface area contributed by atoms with Crippen molar-refractivity contribution in [3.05, 3.63) is 66.2 Å². The molecular formula is C26H36N2. The molecule has 1 aliphatic rings. The van der Waals surface area contributed by atoms with E-state index >= 15 is 0 Å². The Morgan fingerprint density at radius 1 is 0.643 bits per heavy atom. The molecule has 0 atom stereocenters. The number of benzene rings is 2. The standard InChI is InChI=1S/C26H36N2/c1-2-4-6-14-20-26(27-22-15-7-5-3-1)28(25-18-12-9-13-19-25)23-21-24-16-10-8-11-17-24/h8-13,16-19H,1-7,14-15,20-23H2/b27-26-. The van der Waals surface area contributed by atoms with E-state index in [2.05, 4.69) is 65.6 Å². The smallest absolute Gasteiger partial charge is 0.103 e. The Hall–Kier alpha value is -2.09. The first-order chi connectivity index (χ1) is 13.9. The summed E-state index contributed by atoms with van der Waals surface area (Å²) in [5, 5.41) is 0. The van der Waals surface area contributed by atoms with Crippen LogP contribution in [0.15, 0.2) is 65.7 Å². The summed E-state index contributed by atoms with van der Waals surface area (Å²) in [4.78, 5) is 7.60. The van der Waals surface area contributed by atoms with Crippen LogP contribution in [-0.4, -0.2) is 18.9 Å². The molecule has 28 heavy (non-hydrogen) atoms. The van der Waals surface area contributed by atoms with Gasteiger partial charge in [0.25, 0.3) is 0 Å². The largest absolute Gasteiger partial charge is 0.330 e. The molecule has 2 aromatic rings. The molecule has 0 saturated carbocycles. The highest BCUT2D eigenvalue weighted by molar-refractivity contribution is 5.97. The normalized spacial score (nSPS) is 18.8. The highest BCUT2D eigenvalue weighted by Crippen LogP contribution is 2.19. The minimum absolute atomic E-state index is 0.976. The van der Waals surface area contributed by atoms with E-state index in [0.717, 1.165) is 25.9 Å². The van der Waals surface area contributed by atoms with Gasteiger partial charge in [0.1, 0.15) is 5.84 Å². The lowest BCUT2D eigenvalue weighted by Crippen LogP contribution is -2.33. The van der Waals surface area contributed by atoms with Gasteiger partial charge in [0.05, 0.1) is 0 Å². The Kier molecular flexibility index (Phi) is 9.13. The number of hydrogen-bond donors (Lipinski definition) is 0. The van der Waals surface area contributed by atoms with E-state index in [1.165, 1.54) is 74.9 Å². The van der Waals surface area contributed by atoms with Crippen molar-refractivity contribution in [2.45, 2.75) is 70.6 Å². The maximum atomic E-state index is 5.12. The fraction of sp³-hybridized carbons (Fsp3) is 0.500. The first-order valence-electron chi connectivity index (χ1n) is 11.3. The van der Waals surface area contributed by atoms with Crippen molar-refractivity contribution in [2.75, 3.05) is 18.0 Å². The first-order valence-corrected chi connectivity index (χ1v) is 11.3. The summed E-state index contributed by atoms with van der Waals surface area (Å²) in [6, 6.07) is 21.7. The van der Waals surface area contributed by atoms with Crippen molar-refractivity contribution in [3.63, 3.8) is 0 Å². The Bertz CT molecular complexity index is 678. The van der Waals surface area contributed by atoms with E-state index < -0.39 is 0 Å². The van der Waals surface area contributed by atoms with Gasteiger partial charge in [0.2, 0.25) is 0 Å². The van der Waals surface area contributed by atoms with Crippen LogP contribution in [0.2, 0.25) is 0 Å². The van der Waals surface area contributed by atoms with Gasteiger partial charge < -0.3 is 4.90 Å². The third-order valence-electron chi connectivity index (χ3n) is 5.70. The predicted molar refractivity (Wildman–Crippen MR) is 122 cm³/mol. The molecule has 0 fully saturated rings. The molecule has 0 aromatic heterocycles. The average Bonchev–Trinajstić information content (AvgIpc) is 2.77. The van der Waals surface area contributed by atoms with E-state index in [-0.39, 0.29) is 0 Å². The second-order valence-corrected chi connectivity index (χ2v) is 7.95. The summed E-state index contributed by atoms with van der Waals surface area (Å²) in [5.41, 5.74) is 2.68. The minimum Gasteiger partial charge on any atom is -0.330 e. The van der Waals surface area contributed by atoms with E-state index in [9.17, 15) is 0 Å². The molecule has 0 N–H and O–H groups in total. The van der Waals surface area contributed by atoms with Crippen LogP contribution in [0, 0.1) is 0 Å². The van der Waals surface area contributed by atoms with Crippen molar-refractivity contribution in [1.82, 2.24) is 0 Å². The topological polar surface area (TPSA) is 15.6 Å². The van der Waals surface area contributed by atoms with Gasteiger partial charge in [-0.05, 0) is 37.0 Å². The zero-order chi connectivity index (χ0) is 19.3. The SMILES string of the molecule is c1ccc(CCN(/C2=N\CCCCCCCCCCC2)c2ccccc2)cc1. The van der Waals surface area contributed by atoms with E-state index in [1.807, 2.05) is 0 Å². The van der Waals surface area contributed by atoms with Crippen LogP contribution in [-0.2, 0) is 6.42 Å². The lowest BCUT2D eigenvalue weighted by atomic mass is 10.1. The molecule has 3 rings (SSSR count). The monoisotopic (exact) mass is 376 g/mol. The van der Waals surface area contributed by atoms with Crippen molar-refractivity contribution in [1.29, 1.82) is 0 Å². The average molecular weight is 377 g/mol. The van der Waals surface area contributed by atoms with Gasteiger partial charge in [-0.3, -0.25) is 4.99 Å². The van der Waals surface area contributed by atoms with Crippen LogP contribution in [0.1, 0.15) is 69.8 Å². The molecular weight excluding hydrogens is 340 g/mol. The summed E-state index contributed by atoms with van der Waals surface area (Å²) in [7, 11) is 0. The molecule has 0 saturated heterocycles. The summed E-state index contributed by atoms with van der Waals surface area (Å²) < 4.78 is 0. The Morgan fingerprint density at radius 3 is 1.89 bits per heavy atom. The van der Waals surface area contributed by atoms with Gasteiger partial charge in [-0.2, -0.15) is 0 Å². The summed E-state index contributed by atoms with van der Waals surface area (Å²) in [6.07, 6.45) is 14.3. The molecule has 2 aromatic carbocycles. The highest BCUT2D eigenvalue weighted by Gasteiger charge is 2.14. The minimum atomic E-state index is 0.976. The number of para-hydroxylation sites is 1. The molecule has 0 bridgehead atoms. The third-order valence-corrected chi connectivity index (χ3v) is 5.70. The molecule has 1 heterocycles. The second-order valence-electron chi connectivity index (χ2n) is 7.95. The summed E-state index contributed by atoms with van der Waals surface area (Å²) in [5.74, 6) is 1.29. The quantitative estimate of drug-likeness (QED) is 0.558. The Balaban J connectivity index is 1.74. The molecule has 1 aliphatic heterocycles. The van der Waals surface area contributed by atoms with E-state index in [0.29, 0.717) is 0 Å². The second kappa shape index (κ2) is 12.4. The molecule has 150 valence electrons. The van der Waals surface area contributed by atoms with Crippen molar-refractivity contribution < 1.29 is 0 Å². The fourth-order valence-corrected chi connectivity index (χ4v) is 4.04. The van der Waals surface area contributed by atoms with Gasteiger partial charge in [0.15, 0.2) is 0 Å². The lowest BCUT2D eigenvalue weighted by molar-refractivity contribution is 0.567. The van der Waals surface area contributed by atoms with Gasteiger partial charge >= 0.3 is 0 Å². The number of anilines is 1. The zero-order valence-electron chi connectivity index (χ0n) is 17.4. The third kappa shape index (κ3) is 7.14. The van der Waals surface area contributed by atoms with Crippen molar-refractivity contribution in [2.24, 2.45) is 4.99 Å². The number of rotatable bonds is 4. The predicted octanol–water partition coefficient (Wildman–Crippen LogP) is 7.05. The van der Waals surface area contributed by atoms with Crippen molar-refractivity contribution >= 4 is 11.5 Å². The molecule has 0 amide bonds. The zero-order valence-corrected chi connectivity index (χ0v) is 17.4. The Morgan fingerprint density at radius 2 is 1.21 bits per heavy atom. The van der Waals surface area contributed by atoms with Gasteiger partial charge in [-0.25, -0.2) is 0 Å². The highest BCUT2D eigenvalue weighted by atomic mass is 15.2. The van der Waals surface area contributed by atoms with Crippen molar-refractivity contribution in [3.8, 4) is 0 Å². The van der Waals surface area contributed by atoms with Crippen LogP contribution < -0.4 is 4.90 Å². The van der Waals surface area contributed by atoms with E-state index in [1.54, 1.807) is 0 Å². The summed E-state index contributed by atoms with van der Waals surface area (Å²) >= 11 is 0. The molecule has 0 aliphatic carbocycles. The number of nitrogens with zero attached hydrogens (tertiary/aromatic N) is 2. The number of aliphatic imine (C=N–C) groups is 1. The maximum absolute atomic E-state index is 5.12. The van der Waals surface area contributed by atoms with Crippen LogP contribution in [0.4, 0.5) is 5.69 Å². The van der Waals surface area contributed by atoms with E-state index in [4.69, 9.17) is 4.99 Å². The van der Waals surface area contributed by atoms with Gasteiger partial charge in [-0.15, -0.1) is 0 Å². The molecule has 2 heteroatoms. The first kappa shape index (κ1) is 20.6. The van der Waals surface area contributed by atoms with Gasteiger partial charge in [-0.1, -0.05) is 93.5 Å². The fourth-order valence-electron chi connectivity index (χ4n) is 4.04. The number of amidine groups is 1. The Labute approximate surface area is 171 Å². The number of hydrogen-bond acceptors (Lipinski definition) is 2. The van der Waals surface area contributed by atoms with Crippen LogP contribution >= 0.6 is 0 Å². The molecule has 2 nitrogen and oxygen atoms in total. The van der Waals surface area contributed by atoms with Crippen LogP contribution in [0.25, 0.3) is 0 Å². The molecule has 0 spiro atoms. The maximum Gasteiger partial charge on any atom is 0.103 e. The lowest BCUT2D eigenvalue weighted by Gasteiger charge is -2.27. The summed E-state index contributed by atoms with van der Waals surface area (Å²) in [6.45, 7) is 1.97. The molecule has 0 radical (unpaired) electrons.